The lowest BCUT2D eigenvalue weighted by molar-refractivity contribution is -0.385. The van der Waals surface area contributed by atoms with Gasteiger partial charge >= 0.3 is 0 Å². The van der Waals surface area contributed by atoms with Gasteiger partial charge in [0.1, 0.15) is 5.75 Å². The Bertz CT molecular complexity index is 911. The van der Waals surface area contributed by atoms with Crippen molar-refractivity contribution < 1.29 is 19.2 Å². The highest BCUT2D eigenvalue weighted by atomic mass is 16.6. The van der Waals surface area contributed by atoms with E-state index in [4.69, 9.17) is 4.74 Å². The molecule has 1 N–H and O–H groups in total. The Morgan fingerprint density at radius 3 is 2.64 bits per heavy atom. The fraction of sp³-hybridized carbons (Fsp3) is 0.300. The fourth-order valence-corrected chi connectivity index (χ4v) is 3.22. The third-order valence-electron chi connectivity index (χ3n) is 4.81. The van der Waals surface area contributed by atoms with Crippen LogP contribution in [0.3, 0.4) is 0 Å². The summed E-state index contributed by atoms with van der Waals surface area (Å²) in [4.78, 5) is 36.9. The van der Waals surface area contributed by atoms with Crippen molar-refractivity contribution in [3.8, 4) is 5.75 Å². The first kappa shape index (κ1) is 19.3. The third kappa shape index (κ3) is 4.11. The molecule has 0 aliphatic carbocycles. The number of ether oxygens (including phenoxy) is 1. The predicted molar refractivity (Wildman–Crippen MR) is 104 cm³/mol. The first-order valence-corrected chi connectivity index (χ1v) is 8.86. The van der Waals surface area contributed by atoms with E-state index in [0.717, 1.165) is 5.69 Å². The molecular weight excluding hydrogens is 362 g/mol. The topological polar surface area (TPSA) is 102 Å². The summed E-state index contributed by atoms with van der Waals surface area (Å²) in [5.74, 6) is 0.291. The van der Waals surface area contributed by atoms with Crippen LogP contribution in [-0.4, -0.2) is 36.9 Å². The molecule has 1 aliphatic heterocycles. The molecule has 1 unspecified atom stereocenters. The number of aryl methyl sites for hydroxylation is 1. The molecule has 28 heavy (non-hydrogen) atoms. The van der Waals surface area contributed by atoms with Gasteiger partial charge in [-0.25, -0.2) is 0 Å². The van der Waals surface area contributed by atoms with Gasteiger partial charge in [0.2, 0.25) is 5.91 Å². The molecule has 2 aromatic rings. The maximum atomic E-state index is 12.3. The van der Waals surface area contributed by atoms with E-state index in [1.807, 2.05) is 12.1 Å². The van der Waals surface area contributed by atoms with E-state index in [2.05, 4.69) is 5.32 Å². The molecule has 8 nitrogen and oxygen atoms in total. The van der Waals surface area contributed by atoms with Gasteiger partial charge in [-0.15, -0.1) is 0 Å². The number of amides is 2. The number of methoxy groups -OCH3 is 1. The monoisotopic (exact) mass is 383 g/mol. The summed E-state index contributed by atoms with van der Waals surface area (Å²) >= 11 is 0. The van der Waals surface area contributed by atoms with Gasteiger partial charge in [0.05, 0.1) is 12.0 Å². The van der Waals surface area contributed by atoms with Crippen LogP contribution in [-0.2, 0) is 4.79 Å². The summed E-state index contributed by atoms with van der Waals surface area (Å²) in [7, 11) is 1.58. The average molecular weight is 383 g/mol. The van der Waals surface area contributed by atoms with E-state index in [0.29, 0.717) is 30.8 Å². The lowest BCUT2D eigenvalue weighted by Crippen LogP contribution is -2.31. The molecule has 1 fully saturated rings. The Balaban J connectivity index is 1.60. The number of nitrogens with zero attached hydrogens (tertiary/aromatic N) is 2. The van der Waals surface area contributed by atoms with Gasteiger partial charge in [0.25, 0.3) is 11.6 Å². The SMILES string of the molecule is COc1ccc(N2CC(CNC(=O)c3ccc(C)c([N+](=O)[O-])c3)CC2=O)cc1. The van der Waals surface area contributed by atoms with Crippen LogP contribution in [0.25, 0.3) is 0 Å². The van der Waals surface area contributed by atoms with Crippen molar-refractivity contribution in [2.24, 2.45) is 5.92 Å². The maximum absolute atomic E-state index is 12.3. The fourth-order valence-electron chi connectivity index (χ4n) is 3.22. The van der Waals surface area contributed by atoms with Crippen LogP contribution in [0, 0.1) is 23.0 Å². The van der Waals surface area contributed by atoms with Crippen molar-refractivity contribution in [3.63, 3.8) is 0 Å². The van der Waals surface area contributed by atoms with Crippen LogP contribution in [0.2, 0.25) is 0 Å². The number of hydrogen-bond acceptors (Lipinski definition) is 5. The van der Waals surface area contributed by atoms with Gasteiger partial charge < -0.3 is 15.0 Å². The molecule has 1 saturated heterocycles. The van der Waals surface area contributed by atoms with E-state index in [1.165, 1.54) is 6.07 Å². The second-order valence-corrected chi connectivity index (χ2v) is 6.74. The molecule has 2 amide bonds. The highest BCUT2D eigenvalue weighted by molar-refractivity contribution is 5.97. The molecule has 0 saturated carbocycles. The van der Waals surface area contributed by atoms with E-state index in [1.54, 1.807) is 43.2 Å². The smallest absolute Gasteiger partial charge is 0.273 e. The van der Waals surface area contributed by atoms with Gasteiger partial charge in [0, 0.05) is 48.3 Å². The molecule has 146 valence electrons. The molecule has 0 aromatic heterocycles. The van der Waals surface area contributed by atoms with Crippen molar-refractivity contribution >= 4 is 23.2 Å². The number of nitro benzene ring substituents is 1. The van der Waals surface area contributed by atoms with Gasteiger partial charge in [-0.2, -0.15) is 0 Å². The minimum absolute atomic E-state index is 0.00427. The Morgan fingerprint density at radius 2 is 2.00 bits per heavy atom. The van der Waals surface area contributed by atoms with Crippen LogP contribution in [0.15, 0.2) is 42.5 Å². The van der Waals surface area contributed by atoms with Crippen molar-refractivity contribution in [2.45, 2.75) is 13.3 Å². The zero-order valence-corrected chi connectivity index (χ0v) is 15.7. The van der Waals surface area contributed by atoms with Crippen LogP contribution >= 0.6 is 0 Å². The quantitative estimate of drug-likeness (QED) is 0.610. The molecule has 0 spiro atoms. The number of nitrogens with one attached hydrogen (secondary N) is 1. The maximum Gasteiger partial charge on any atom is 0.273 e. The zero-order valence-electron chi connectivity index (χ0n) is 15.7. The molecule has 1 heterocycles. The second kappa shape index (κ2) is 8.08. The summed E-state index contributed by atoms with van der Waals surface area (Å²) in [5.41, 5.74) is 1.43. The van der Waals surface area contributed by atoms with E-state index >= 15 is 0 Å². The number of hydrogen-bond donors (Lipinski definition) is 1. The minimum atomic E-state index is -0.505. The van der Waals surface area contributed by atoms with E-state index < -0.39 is 10.8 Å². The van der Waals surface area contributed by atoms with E-state index in [9.17, 15) is 19.7 Å². The van der Waals surface area contributed by atoms with Crippen LogP contribution < -0.4 is 15.0 Å². The molecule has 0 bridgehead atoms. The van der Waals surface area contributed by atoms with Gasteiger partial charge in [-0.05, 0) is 37.3 Å². The van der Waals surface area contributed by atoms with Crippen molar-refractivity contribution in [1.82, 2.24) is 5.32 Å². The van der Waals surface area contributed by atoms with Crippen molar-refractivity contribution in [1.29, 1.82) is 0 Å². The first-order chi connectivity index (χ1) is 13.4. The number of carbonyl (C=O) groups excluding carboxylic acids is 2. The summed E-state index contributed by atoms with van der Waals surface area (Å²) in [6.45, 7) is 2.44. The summed E-state index contributed by atoms with van der Waals surface area (Å²) in [6.07, 6.45) is 0.334. The summed E-state index contributed by atoms with van der Waals surface area (Å²) in [6, 6.07) is 11.6. The molecular formula is C20H21N3O5. The number of rotatable bonds is 6. The van der Waals surface area contributed by atoms with Gasteiger partial charge in [0.15, 0.2) is 0 Å². The minimum Gasteiger partial charge on any atom is -0.497 e. The molecule has 2 aromatic carbocycles. The summed E-state index contributed by atoms with van der Waals surface area (Å²) in [5, 5.41) is 13.8. The number of nitro groups is 1. The lowest BCUT2D eigenvalue weighted by atomic mass is 10.1. The van der Waals surface area contributed by atoms with Crippen molar-refractivity contribution in [2.75, 3.05) is 25.1 Å². The largest absolute Gasteiger partial charge is 0.497 e. The zero-order chi connectivity index (χ0) is 20.3. The third-order valence-corrected chi connectivity index (χ3v) is 4.81. The van der Waals surface area contributed by atoms with Crippen LogP contribution in [0.5, 0.6) is 5.75 Å². The number of anilines is 1. The van der Waals surface area contributed by atoms with Crippen molar-refractivity contribution in [3.05, 3.63) is 63.7 Å². The molecule has 8 heteroatoms. The second-order valence-electron chi connectivity index (χ2n) is 6.74. The van der Waals surface area contributed by atoms with Gasteiger partial charge in [-0.3, -0.25) is 19.7 Å². The standard InChI is InChI=1S/C20H21N3O5/c1-13-3-4-15(10-18(13)23(26)27)20(25)21-11-14-9-19(24)22(12-14)16-5-7-17(28-2)8-6-16/h3-8,10,14H,9,11-12H2,1-2H3,(H,21,25). The Labute approximate surface area is 162 Å². The summed E-state index contributed by atoms with van der Waals surface area (Å²) < 4.78 is 5.12. The Morgan fingerprint density at radius 1 is 1.29 bits per heavy atom. The lowest BCUT2D eigenvalue weighted by Gasteiger charge is -2.17. The normalized spacial score (nSPS) is 16.1. The van der Waals surface area contributed by atoms with Crippen LogP contribution in [0.4, 0.5) is 11.4 Å². The molecule has 3 rings (SSSR count). The molecule has 1 atom stereocenters. The Hall–Kier alpha value is -3.42. The van der Waals surface area contributed by atoms with Gasteiger partial charge in [-0.1, -0.05) is 6.07 Å². The number of carbonyl (C=O) groups is 2. The predicted octanol–water partition coefficient (Wildman–Crippen LogP) is 2.69. The van der Waals surface area contributed by atoms with E-state index in [-0.39, 0.29) is 23.1 Å². The van der Waals surface area contributed by atoms with Crippen LogP contribution in [0.1, 0.15) is 22.3 Å². The average Bonchev–Trinajstić information content (AvgIpc) is 3.07. The highest BCUT2D eigenvalue weighted by Crippen LogP contribution is 2.26. The Kier molecular flexibility index (Phi) is 5.58. The molecule has 0 radical (unpaired) electrons. The highest BCUT2D eigenvalue weighted by Gasteiger charge is 2.31. The number of benzene rings is 2. The molecule has 1 aliphatic rings. The first-order valence-electron chi connectivity index (χ1n) is 8.86.